The molecule has 0 aliphatic carbocycles. The number of carbonyl (C=O) groups is 1. The first-order valence-corrected chi connectivity index (χ1v) is 4.93. The van der Waals surface area contributed by atoms with Crippen LogP contribution in [0, 0.1) is 5.92 Å². The van der Waals surface area contributed by atoms with Gasteiger partial charge < -0.3 is 0 Å². The van der Waals surface area contributed by atoms with Crippen molar-refractivity contribution in [2.45, 2.75) is 13.8 Å². The third kappa shape index (κ3) is 1.48. The Labute approximate surface area is 65.2 Å². The van der Waals surface area contributed by atoms with Crippen molar-refractivity contribution in [3.8, 4) is 0 Å². The van der Waals surface area contributed by atoms with E-state index in [-0.39, 0.29) is 11.0 Å². The van der Waals surface area contributed by atoms with E-state index in [1.54, 1.807) is 13.8 Å². The Morgan fingerprint density at radius 3 is 2.18 bits per heavy atom. The van der Waals surface area contributed by atoms with Gasteiger partial charge in [0.05, 0.1) is 0 Å². The van der Waals surface area contributed by atoms with Crippen LogP contribution in [0.5, 0.6) is 0 Å². The molecule has 0 spiro atoms. The second-order valence-corrected chi connectivity index (χ2v) is 4.69. The molecule has 11 heavy (non-hydrogen) atoms. The average molecular weight is 175 g/mol. The van der Waals surface area contributed by atoms with E-state index in [4.69, 9.17) is 0 Å². The number of nitrogens with zero attached hydrogens (tertiary/aromatic N) is 1. The molecule has 1 heterocycles. The minimum absolute atomic E-state index is 0.0301. The normalized spacial score (nSPS) is 22.5. The Kier molecular flexibility index (Phi) is 1.83. The Balaban J connectivity index is 3.13. The van der Waals surface area contributed by atoms with Crippen molar-refractivity contribution in [1.29, 1.82) is 0 Å². The molecule has 1 amide bonds. The molecule has 1 aliphatic rings. The van der Waals surface area contributed by atoms with Crippen LogP contribution in [-0.2, 0) is 14.6 Å². The molecule has 0 N–H and O–H groups in total. The van der Waals surface area contributed by atoms with Crippen LogP contribution < -0.4 is 0 Å². The van der Waals surface area contributed by atoms with Crippen molar-refractivity contribution < 1.29 is 13.2 Å². The molecule has 0 unspecified atom stereocenters. The average Bonchev–Trinajstić information content (AvgIpc) is 2.04. The van der Waals surface area contributed by atoms with Gasteiger partial charge in [-0.1, -0.05) is 13.8 Å². The number of carbonyl (C=O) groups excluding carboxylic acids is 1. The SMILES string of the molecule is CC(C)C1=NC(=O)CS1(=O)=O. The van der Waals surface area contributed by atoms with Gasteiger partial charge in [-0.3, -0.25) is 4.79 Å². The predicted octanol–water partition coefficient (Wildman–Crippen LogP) is -0.00410. The van der Waals surface area contributed by atoms with Gasteiger partial charge in [-0.25, -0.2) is 13.4 Å². The highest BCUT2D eigenvalue weighted by Gasteiger charge is 2.32. The molecule has 1 aliphatic heterocycles. The van der Waals surface area contributed by atoms with Crippen LogP contribution in [0.1, 0.15) is 13.8 Å². The number of rotatable bonds is 1. The predicted molar refractivity (Wildman–Crippen MR) is 41.1 cm³/mol. The molecule has 0 radical (unpaired) electrons. The van der Waals surface area contributed by atoms with Gasteiger partial charge in [0.2, 0.25) is 9.84 Å². The maximum absolute atomic E-state index is 11.1. The first-order chi connectivity index (χ1) is 4.93. The number of sulfone groups is 1. The summed E-state index contributed by atoms with van der Waals surface area (Å²) in [5.41, 5.74) is 0. The van der Waals surface area contributed by atoms with E-state index in [2.05, 4.69) is 4.99 Å². The van der Waals surface area contributed by atoms with Gasteiger partial charge in [0.25, 0.3) is 5.91 Å². The number of aliphatic imine (C=N–C) groups is 1. The molecule has 4 nitrogen and oxygen atoms in total. The molecule has 0 aromatic rings. The summed E-state index contributed by atoms with van der Waals surface area (Å²) < 4.78 is 22.1. The Bertz CT molecular complexity index is 313. The number of hydrogen-bond donors (Lipinski definition) is 0. The van der Waals surface area contributed by atoms with Gasteiger partial charge >= 0.3 is 0 Å². The lowest BCUT2D eigenvalue weighted by atomic mass is 10.2. The van der Waals surface area contributed by atoms with E-state index < -0.39 is 21.5 Å². The van der Waals surface area contributed by atoms with Gasteiger partial charge in [0.15, 0.2) is 0 Å². The zero-order valence-corrected chi connectivity index (χ0v) is 7.18. The zero-order chi connectivity index (χ0) is 8.65. The summed E-state index contributed by atoms with van der Waals surface area (Å²) in [6.07, 6.45) is 0. The van der Waals surface area contributed by atoms with E-state index in [0.29, 0.717) is 0 Å². The van der Waals surface area contributed by atoms with Crippen molar-refractivity contribution in [3.63, 3.8) is 0 Å². The maximum atomic E-state index is 11.1. The molecule has 0 aromatic heterocycles. The molecule has 62 valence electrons. The Morgan fingerprint density at radius 2 is 2.00 bits per heavy atom. The summed E-state index contributed by atoms with van der Waals surface area (Å²) in [6.45, 7) is 3.41. The second-order valence-electron chi connectivity index (χ2n) is 2.76. The van der Waals surface area contributed by atoms with Crippen molar-refractivity contribution >= 4 is 20.8 Å². The first kappa shape index (κ1) is 8.39. The molecule has 0 bridgehead atoms. The third-order valence-corrected chi connectivity index (χ3v) is 3.19. The monoisotopic (exact) mass is 175 g/mol. The molecule has 0 atom stereocenters. The van der Waals surface area contributed by atoms with Gasteiger partial charge in [0, 0.05) is 5.92 Å². The highest BCUT2D eigenvalue weighted by Crippen LogP contribution is 2.12. The van der Waals surface area contributed by atoms with Crippen LogP contribution >= 0.6 is 0 Å². The van der Waals surface area contributed by atoms with Gasteiger partial charge in [-0.05, 0) is 0 Å². The summed E-state index contributed by atoms with van der Waals surface area (Å²) in [5, 5.41) is 0.0301. The summed E-state index contributed by atoms with van der Waals surface area (Å²) in [5.74, 6) is -1.18. The summed E-state index contributed by atoms with van der Waals surface area (Å²) in [7, 11) is -3.34. The van der Waals surface area contributed by atoms with Crippen LogP contribution in [0.2, 0.25) is 0 Å². The van der Waals surface area contributed by atoms with E-state index in [0.717, 1.165) is 0 Å². The van der Waals surface area contributed by atoms with Crippen molar-refractivity contribution in [2.75, 3.05) is 5.75 Å². The smallest absolute Gasteiger partial charge is 0.262 e. The largest absolute Gasteiger partial charge is 0.271 e. The summed E-state index contributed by atoms with van der Waals surface area (Å²) in [4.78, 5) is 14.0. The molecule has 1 rings (SSSR count). The van der Waals surface area contributed by atoms with Crippen molar-refractivity contribution in [3.05, 3.63) is 0 Å². The zero-order valence-electron chi connectivity index (χ0n) is 6.36. The van der Waals surface area contributed by atoms with Crippen LogP contribution in [-0.4, -0.2) is 25.1 Å². The van der Waals surface area contributed by atoms with Crippen molar-refractivity contribution in [2.24, 2.45) is 10.9 Å². The van der Waals surface area contributed by atoms with E-state index >= 15 is 0 Å². The number of amides is 1. The fourth-order valence-corrected chi connectivity index (χ4v) is 2.45. The summed E-state index contributed by atoms with van der Waals surface area (Å²) in [6, 6.07) is 0. The summed E-state index contributed by atoms with van der Waals surface area (Å²) >= 11 is 0. The Hall–Kier alpha value is -0.710. The van der Waals surface area contributed by atoms with E-state index in [1.807, 2.05) is 0 Å². The quantitative estimate of drug-likeness (QED) is 0.563. The molecule has 0 saturated heterocycles. The lowest BCUT2D eigenvalue weighted by Gasteiger charge is -2.00. The standard InChI is InChI=1S/C6H9NO3S/c1-4(2)6-7-5(8)3-11(6,9)10/h4H,3H2,1-2H3. The first-order valence-electron chi connectivity index (χ1n) is 3.27. The highest BCUT2D eigenvalue weighted by atomic mass is 32.2. The van der Waals surface area contributed by atoms with Crippen LogP contribution in [0.4, 0.5) is 0 Å². The molecule has 0 fully saturated rings. The van der Waals surface area contributed by atoms with Crippen LogP contribution in [0.15, 0.2) is 4.99 Å². The van der Waals surface area contributed by atoms with E-state index in [9.17, 15) is 13.2 Å². The van der Waals surface area contributed by atoms with Gasteiger partial charge in [-0.2, -0.15) is 0 Å². The lowest BCUT2D eigenvalue weighted by Crippen LogP contribution is -2.18. The van der Waals surface area contributed by atoms with E-state index in [1.165, 1.54) is 0 Å². The second kappa shape index (κ2) is 2.41. The highest BCUT2D eigenvalue weighted by molar-refractivity contribution is 8.07. The molecule has 0 saturated carbocycles. The van der Waals surface area contributed by atoms with Gasteiger partial charge in [0.1, 0.15) is 10.8 Å². The minimum atomic E-state index is -3.34. The lowest BCUT2D eigenvalue weighted by molar-refractivity contribution is -0.115. The van der Waals surface area contributed by atoms with Crippen LogP contribution in [0.25, 0.3) is 0 Å². The molecular weight excluding hydrogens is 166 g/mol. The fourth-order valence-electron chi connectivity index (χ4n) is 0.949. The van der Waals surface area contributed by atoms with Crippen LogP contribution in [0.3, 0.4) is 0 Å². The third-order valence-electron chi connectivity index (χ3n) is 1.36. The fraction of sp³-hybridized carbons (Fsp3) is 0.667. The topological polar surface area (TPSA) is 63.6 Å². The van der Waals surface area contributed by atoms with Gasteiger partial charge in [-0.15, -0.1) is 0 Å². The maximum Gasteiger partial charge on any atom is 0.262 e. The minimum Gasteiger partial charge on any atom is -0.271 e. The molecule has 0 aromatic carbocycles. The molecular formula is C6H9NO3S. The molecule has 5 heteroatoms. The Morgan fingerprint density at radius 1 is 1.45 bits per heavy atom. The number of hydrogen-bond acceptors (Lipinski definition) is 3. The van der Waals surface area contributed by atoms with Crippen molar-refractivity contribution in [1.82, 2.24) is 0 Å².